The molecule has 0 radical (unpaired) electrons. The van der Waals surface area contributed by atoms with Crippen molar-refractivity contribution in [2.24, 2.45) is 0 Å². The standard InChI is InChI=1S/C13H11ClO4/c1-7(15)5-17-11-4-3-9-12(16)10(14)6-18-13(9)8(11)2/h3-4,6H,5H2,1-2H3. The molecule has 2 rings (SSSR count). The Hall–Kier alpha value is -1.81. The van der Waals surface area contributed by atoms with Crippen LogP contribution in [0.4, 0.5) is 0 Å². The molecule has 1 heterocycles. The van der Waals surface area contributed by atoms with E-state index in [0.717, 1.165) is 0 Å². The predicted octanol–water partition coefficient (Wildman–Crippen LogP) is 2.72. The maximum Gasteiger partial charge on any atom is 0.211 e. The van der Waals surface area contributed by atoms with E-state index in [0.29, 0.717) is 22.3 Å². The molecule has 4 nitrogen and oxygen atoms in total. The SMILES string of the molecule is CC(=O)COc1ccc2c(=O)c(Cl)coc2c1C. The summed E-state index contributed by atoms with van der Waals surface area (Å²) in [5.74, 6) is 0.440. The van der Waals surface area contributed by atoms with Crippen LogP contribution < -0.4 is 10.2 Å². The molecule has 5 heteroatoms. The smallest absolute Gasteiger partial charge is 0.211 e. The molecule has 0 fully saturated rings. The summed E-state index contributed by atoms with van der Waals surface area (Å²) in [5.41, 5.74) is 0.812. The van der Waals surface area contributed by atoms with E-state index in [9.17, 15) is 9.59 Å². The Kier molecular flexibility index (Phi) is 3.39. The molecule has 0 bridgehead atoms. The topological polar surface area (TPSA) is 56.5 Å². The lowest BCUT2D eigenvalue weighted by Crippen LogP contribution is -2.08. The van der Waals surface area contributed by atoms with Gasteiger partial charge in [0.05, 0.1) is 5.39 Å². The Morgan fingerprint density at radius 2 is 2.17 bits per heavy atom. The van der Waals surface area contributed by atoms with Crippen molar-refractivity contribution in [3.8, 4) is 5.75 Å². The molecule has 0 spiro atoms. The van der Waals surface area contributed by atoms with Gasteiger partial charge in [-0.2, -0.15) is 0 Å². The Bertz CT molecular complexity index is 672. The summed E-state index contributed by atoms with van der Waals surface area (Å²) < 4.78 is 10.6. The van der Waals surface area contributed by atoms with Crippen molar-refractivity contribution >= 4 is 28.4 Å². The fraction of sp³-hybridized carbons (Fsp3) is 0.231. The van der Waals surface area contributed by atoms with Crippen LogP contribution >= 0.6 is 11.6 Å². The van der Waals surface area contributed by atoms with Gasteiger partial charge in [0.1, 0.15) is 29.2 Å². The summed E-state index contributed by atoms with van der Waals surface area (Å²) in [5, 5.41) is 0.439. The number of hydrogen-bond acceptors (Lipinski definition) is 4. The second-order valence-electron chi connectivity index (χ2n) is 3.97. The third kappa shape index (κ3) is 2.24. The van der Waals surface area contributed by atoms with E-state index in [2.05, 4.69) is 0 Å². The number of rotatable bonds is 3. The average Bonchev–Trinajstić information content (AvgIpc) is 2.33. The summed E-state index contributed by atoms with van der Waals surface area (Å²) in [4.78, 5) is 22.6. The molecule has 0 saturated heterocycles. The lowest BCUT2D eigenvalue weighted by molar-refractivity contribution is -0.118. The number of ether oxygens (including phenoxy) is 1. The van der Waals surface area contributed by atoms with Gasteiger partial charge in [-0.1, -0.05) is 11.6 Å². The van der Waals surface area contributed by atoms with E-state index in [1.807, 2.05) is 0 Å². The molecular formula is C13H11ClO4. The molecule has 18 heavy (non-hydrogen) atoms. The molecule has 0 N–H and O–H groups in total. The van der Waals surface area contributed by atoms with Crippen LogP contribution in [0.25, 0.3) is 11.0 Å². The maximum atomic E-state index is 11.8. The summed E-state index contributed by atoms with van der Waals surface area (Å²) in [6, 6.07) is 3.21. The zero-order chi connectivity index (χ0) is 13.3. The number of carbonyl (C=O) groups is 1. The van der Waals surface area contributed by atoms with Crippen LogP contribution in [-0.2, 0) is 4.79 Å². The molecule has 0 aliphatic carbocycles. The molecule has 0 atom stereocenters. The molecule has 94 valence electrons. The molecule has 0 unspecified atom stereocenters. The molecule has 0 aliphatic rings. The van der Waals surface area contributed by atoms with Gasteiger partial charge in [-0.15, -0.1) is 0 Å². The molecule has 1 aromatic carbocycles. The van der Waals surface area contributed by atoms with Crippen molar-refractivity contribution in [2.75, 3.05) is 6.61 Å². The van der Waals surface area contributed by atoms with Crippen molar-refractivity contribution in [1.82, 2.24) is 0 Å². The number of ketones is 1. The highest BCUT2D eigenvalue weighted by Crippen LogP contribution is 2.26. The van der Waals surface area contributed by atoms with Gasteiger partial charge in [0.2, 0.25) is 5.43 Å². The molecule has 0 aliphatic heterocycles. The fourth-order valence-electron chi connectivity index (χ4n) is 1.63. The van der Waals surface area contributed by atoms with Gasteiger partial charge in [0.25, 0.3) is 0 Å². The highest BCUT2D eigenvalue weighted by Gasteiger charge is 2.11. The predicted molar refractivity (Wildman–Crippen MR) is 68.4 cm³/mol. The number of fused-ring (bicyclic) bond motifs is 1. The third-order valence-electron chi connectivity index (χ3n) is 2.53. The quantitative estimate of drug-likeness (QED) is 0.857. The first-order valence-electron chi connectivity index (χ1n) is 5.33. The van der Waals surface area contributed by atoms with Crippen LogP contribution in [-0.4, -0.2) is 12.4 Å². The van der Waals surface area contributed by atoms with Gasteiger partial charge < -0.3 is 9.15 Å². The molecular weight excluding hydrogens is 256 g/mol. The van der Waals surface area contributed by atoms with Gasteiger partial charge in [-0.3, -0.25) is 9.59 Å². The number of benzene rings is 1. The average molecular weight is 267 g/mol. The van der Waals surface area contributed by atoms with Crippen LogP contribution in [0, 0.1) is 6.92 Å². The largest absolute Gasteiger partial charge is 0.485 e. The summed E-state index contributed by atoms with van der Waals surface area (Å²) >= 11 is 5.70. The van der Waals surface area contributed by atoms with Crippen molar-refractivity contribution < 1.29 is 13.9 Å². The highest BCUT2D eigenvalue weighted by atomic mass is 35.5. The van der Waals surface area contributed by atoms with Crippen LogP contribution in [0.3, 0.4) is 0 Å². The van der Waals surface area contributed by atoms with Crippen molar-refractivity contribution in [2.45, 2.75) is 13.8 Å². The van der Waals surface area contributed by atoms with E-state index in [-0.39, 0.29) is 22.8 Å². The van der Waals surface area contributed by atoms with Gasteiger partial charge in [-0.25, -0.2) is 0 Å². The zero-order valence-electron chi connectivity index (χ0n) is 9.95. The van der Waals surface area contributed by atoms with Crippen molar-refractivity contribution in [3.63, 3.8) is 0 Å². The number of aryl methyl sites for hydroxylation is 1. The van der Waals surface area contributed by atoms with Crippen LogP contribution in [0.5, 0.6) is 5.75 Å². The van der Waals surface area contributed by atoms with E-state index in [4.69, 9.17) is 20.8 Å². The molecule has 2 aromatic rings. The Labute approximate surface area is 108 Å². The maximum absolute atomic E-state index is 11.8. The number of hydrogen-bond donors (Lipinski definition) is 0. The lowest BCUT2D eigenvalue weighted by Gasteiger charge is -2.09. The minimum atomic E-state index is -0.279. The highest BCUT2D eigenvalue weighted by molar-refractivity contribution is 6.30. The minimum absolute atomic E-state index is 0.00975. The lowest BCUT2D eigenvalue weighted by atomic mass is 10.1. The van der Waals surface area contributed by atoms with E-state index >= 15 is 0 Å². The first kappa shape index (κ1) is 12.6. The molecule has 0 saturated carbocycles. The third-order valence-corrected chi connectivity index (χ3v) is 2.79. The number of halogens is 1. The summed E-state index contributed by atoms with van der Waals surface area (Å²) in [6.45, 7) is 3.19. The molecule has 1 aromatic heterocycles. The molecule has 0 amide bonds. The van der Waals surface area contributed by atoms with Gasteiger partial charge in [-0.05, 0) is 26.0 Å². The Balaban J connectivity index is 2.55. The second-order valence-corrected chi connectivity index (χ2v) is 4.38. The Morgan fingerprint density at radius 3 is 2.83 bits per heavy atom. The second kappa shape index (κ2) is 4.82. The monoisotopic (exact) mass is 266 g/mol. The van der Waals surface area contributed by atoms with Gasteiger partial charge >= 0.3 is 0 Å². The normalized spacial score (nSPS) is 10.6. The minimum Gasteiger partial charge on any atom is -0.485 e. The first-order valence-corrected chi connectivity index (χ1v) is 5.71. The van der Waals surface area contributed by atoms with E-state index in [1.165, 1.54) is 13.2 Å². The summed E-state index contributed by atoms with van der Waals surface area (Å²) in [7, 11) is 0. The van der Waals surface area contributed by atoms with Crippen LogP contribution in [0.1, 0.15) is 12.5 Å². The zero-order valence-corrected chi connectivity index (χ0v) is 10.7. The van der Waals surface area contributed by atoms with Crippen molar-refractivity contribution in [1.29, 1.82) is 0 Å². The fourth-order valence-corrected chi connectivity index (χ4v) is 1.78. The van der Waals surface area contributed by atoms with Crippen LogP contribution in [0.2, 0.25) is 5.02 Å². The number of Topliss-reactive ketones (excluding diaryl/α,β-unsaturated/α-hetero) is 1. The van der Waals surface area contributed by atoms with Crippen molar-refractivity contribution in [3.05, 3.63) is 39.2 Å². The summed E-state index contributed by atoms with van der Waals surface area (Å²) in [6.07, 6.45) is 1.20. The first-order chi connectivity index (χ1) is 8.50. The van der Waals surface area contributed by atoms with Gasteiger partial charge in [0, 0.05) is 5.56 Å². The number of carbonyl (C=O) groups excluding carboxylic acids is 1. The van der Waals surface area contributed by atoms with Gasteiger partial charge in [0.15, 0.2) is 5.78 Å². The van der Waals surface area contributed by atoms with E-state index < -0.39 is 0 Å². The Morgan fingerprint density at radius 1 is 1.44 bits per heavy atom. The van der Waals surface area contributed by atoms with Crippen LogP contribution in [0.15, 0.2) is 27.6 Å². The van der Waals surface area contributed by atoms with E-state index in [1.54, 1.807) is 19.1 Å².